The van der Waals surface area contributed by atoms with E-state index >= 15 is 0 Å². The zero-order valence-electron chi connectivity index (χ0n) is 13.6. The number of Topliss-reactive ketones (excluding diaryl/α,β-unsaturated/α-hetero) is 1. The van der Waals surface area contributed by atoms with Gasteiger partial charge < -0.3 is 15.4 Å². The Morgan fingerprint density at radius 2 is 1.81 bits per heavy atom. The molecule has 0 atom stereocenters. The maximum absolute atomic E-state index is 12.3. The lowest BCUT2D eigenvalue weighted by Gasteiger charge is -2.25. The highest BCUT2D eigenvalue weighted by Gasteiger charge is 2.25. The topological polar surface area (TPSA) is 82.2 Å². The van der Waals surface area contributed by atoms with E-state index in [1.807, 2.05) is 20.8 Å². The van der Waals surface area contributed by atoms with Gasteiger partial charge in [0.25, 0.3) is 5.91 Å². The first-order valence-electron chi connectivity index (χ1n) is 7.52. The third-order valence-corrected chi connectivity index (χ3v) is 4.12. The Hall–Kier alpha value is -1.62. The maximum atomic E-state index is 12.3. The molecule has 3 N–H and O–H groups in total. The van der Waals surface area contributed by atoms with Crippen LogP contribution in [-0.4, -0.2) is 33.9 Å². The largest absolute Gasteiger partial charge is 0.388 e. The lowest BCUT2D eigenvalue weighted by Crippen LogP contribution is -2.42. The number of aromatic amines is 1. The van der Waals surface area contributed by atoms with E-state index in [2.05, 4.69) is 10.3 Å². The molecule has 0 radical (unpaired) electrons. The number of carbonyl (C=O) groups is 2. The molecule has 118 valence electrons. The number of amides is 1. The minimum atomic E-state index is -0.882. The molecule has 0 aliphatic rings. The van der Waals surface area contributed by atoms with E-state index in [0.717, 1.165) is 5.56 Å². The van der Waals surface area contributed by atoms with Gasteiger partial charge in [-0.25, -0.2) is 0 Å². The van der Waals surface area contributed by atoms with Gasteiger partial charge >= 0.3 is 0 Å². The molecule has 5 nitrogen and oxygen atoms in total. The molecule has 0 saturated carbocycles. The van der Waals surface area contributed by atoms with Crippen molar-refractivity contribution in [2.24, 2.45) is 0 Å². The Kier molecular flexibility index (Phi) is 5.72. The van der Waals surface area contributed by atoms with Gasteiger partial charge in [-0.3, -0.25) is 9.59 Å². The number of carbonyl (C=O) groups excluding carboxylic acids is 2. The number of nitrogens with one attached hydrogen (secondary N) is 2. The lowest BCUT2D eigenvalue weighted by molar-refractivity contribution is 0.0313. The molecule has 0 spiro atoms. The smallest absolute Gasteiger partial charge is 0.268 e. The van der Waals surface area contributed by atoms with E-state index in [0.29, 0.717) is 36.2 Å². The summed E-state index contributed by atoms with van der Waals surface area (Å²) in [5.41, 5.74) is 1.60. The van der Waals surface area contributed by atoms with Crippen LogP contribution in [0.5, 0.6) is 0 Å². The molecule has 5 heteroatoms. The fourth-order valence-electron chi connectivity index (χ4n) is 2.53. The molecule has 1 heterocycles. The van der Waals surface area contributed by atoms with Crippen LogP contribution in [0.25, 0.3) is 0 Å². The number of ketones is 1. The first-order valence-corrected chi connectivity index (χ1v) is 7.52. The second-order valence-corrected chi connectivity index (χ2v) is 5.50. The highest BCUT2D eigenvalue weighted by atomic mass is 16.3. The summed E-state index contributed by atoms with van der Waals surface area (Å²) in [5.74, 6) is -0.318. The van der Waals surface area contributed by atoms with Gasteiger partial charge in [-0.15, -0.1) is 0 Å². The molecular weight excluding hydrogens is 268 g/mol. The average molecular weight is 294 g/mol. The number of hydrogen-bond acceptors (Lipinski definition) is 3. The van der Waals surface area contributed by atoms with Crippen molar-refractivity contribution in [3.8, 4) is 0 Å². The van der Waals surface area contributed by atoms with Crippen LogP contribution in [0.2, 0.25) is 0 Å². The van der Waals surface area contributed by atoms with E-state index in [1.54, 1.807) is 6.92 Å². The Morgan fingerprint density at radius 1 is 1.24 bits per heavy atom. The molecule has 0 saturated heterocycles. The molecule has 1 aromatic rings. The van der Waals surface area contributed by atoms with Crippen LogP contribution >= 0.6 is 0 Å². The zero-order chi connectivity index (χ0) is 16.2. The summed E-state index contributed by atoms with van der Waals surface area (Å²) in [5, 5.41) is 13.0. The first kappa shape index (κ1) is 17.4. The van der Waals surface area contributed by atoms with Crippen LogP contribution in [0.3, 0.4) is 0 Å². The number of aromatic nitrogens is 1. The van der Waals surface area contributed by atoms with Crippen LogP contribution in [0.4, 0.5) is 0 Å². The monoisotopic (exact) mass is 294 g/mol. The molecule has 0 unspecified atom stereocenters. The lowest BCUT2D eigenvalue weighted by atomic mass is 9.97. The van der Waals surface area contributed by atoms with Crippen molar-refractivity contribution in [2.75, 3.05) is 6.54 Å². The third-order valence-electron chi connectivity index (χ3n) is 4.12. The van der Waals surface area contributed by atoms with Gasteiger partial charge in [-0.1, -0.05) is 20.8 Å². The number of H-pyrrole nitrogens is 1. The standard InChI is InChI=1S/C16H26N2O3/c1-6-12-13(11(5)19)10(4)18-14(12)15(20)17-9-16(21,7-2)8-3/h18,21H,6-9H2,1-5H3,(H,17,20). The summed E-state index contributed by atoms with van der Waals surface area (Å²) >= 11 is 0. The molecule has 1 rings (SSSR count). The minimum Gasteiger partial charge on any atom is -0.388 e. The Morgan fingerprint density at radius 3 is 2.24 bits per heavy atom. The number of rotatable bonds is 7. The van der Waals surface area contributed by atoms with Crippen molar-refractivity contribution in [1.82, 2.24) is 10.3 Å². The van der Waals surface area contributed by atoms with Crippen LogP contribution in [-0.2, 0) is 6.42 Å². The van der Waals surface area contributed by atoms with E-state index in [1.165, 1.54) is 6.92 Å². The Bertz CT molecular complexity index is 528. The zero-order valence-corrected chi connectivity index (χ0v) is 13.6. The van der Waals surface area contributed by atoms with Crippen molar-refractivity contribution >= 4 is 11.7 Å². The second kappa shape index (κ2) is 6.89. The van der Waals surface area contributed by atoms with Gasteiger partial charge in [-0.2, -0.15) is 0 Å². The van der Waals surface area contributed by atoms with Crippen LogP contribution in [0, 0.1) is 6.92 Å². The fraction of sp³-hybridized carbons (Fsp3) is 0.625. The fourth-order valence-corrected chi connectivity index (χ4v) is 2.53. The molecule has 21 heavy (non-hydrogen) atoms. The van der Waals surface area contributed by atoms with E-state index in [-0.39, 0.29) is 18.2 Å². The van der Waals surface area contributed by atoms with Gasteiger partial charge in [0.1, 0.15) is 5.69 Å². The van der Waals surface area contributed by atoms with E-state index in [4.69, 9.17) is 0 Å². The Labute approximate surface area is 126 Å². The summed E-state index contributed by atoms with van der Waals surface area (Å²) in [7, 11) is 0. The molecule has 0 aliphatic carbocycles. The molecule has 1 amide bonds. The van der Waals surface area contributed by atoms with Gasteiger partial charge in [0.15, 0.2) is 5.78 Å². The molecule has 1 aromatic heterocycles. The molecule has 0 fully saturated rings. The van der Waals surface area contributed by atoms with Gasteiger partial charge in [0.2, 0.25) is 0 Å². The van der Waals surface area contributed by atoms with E-state index in [9.17, 15) is 14.7 Å². The van der Waals surface area contributed by atoms with Crippen molar-refractivity contribution in [1.29, 1.82) is 0 Å². The third kappa shape index (κ3) is 3.73. The number of hydrogen-bond donors (Lipinski definition) is 3. The average Bonchev–Trinajstić information content (AvgIpc) is 2.81. The summed E-state index contributed by atoms with van der Waals surface area (Å²) in [6.07, 6.45) is 1.76. The van der Waals surface area contributed by atoms with E-state index < -0.39 is 5.60 Å². The van der Waals surface area contributed by atoms with Gasteiger partial charge in [0, 0.05) is 17.8 Å². The predicted octanol–water partition coefficient (Wildman–Crippen LogP) is 2.37. The summed E-state index contributed by atoms with van der Waals surface area (Å²) in [6.45, 7) is 9.19. The quantitative estimate of drug-likeness (QED) is 0.675. The molecule has 0 aliphatic heterocycles. The highest BCUT2D eigenvalue weighted by Crippen LogP contribution is 2.21. The summed E-state index contributed by atoms with van der Waals surface area (Å²) in [6, 6.07) is 0. The molecule has 0 bridgehead atoms. The summed E-state index contributed by atoms with van der Waals surface area (Å²) < 4.78 is 0. The second-order valence-electron chi connectivity index (χ2n) is 5.50. The highest BCUT2D eigenvalue weighted by molar-refractivity contribution is 6.02. The first-order chi connectivity index (χ1) is 9.79. The van der Waals surface area contributed by atoms with Crippen LogP contribution < -0.4 is 5.32 Å². The maximum Gasteiger partial charge on any atom is 0.268 e. The SMILES string of the molecule is CCc1c(C(=O)NCC(O)(CC)CC)[nH]c(C)c1C(C)=O. The van der Waals surface area contributed by atoms with Crippen molar-refractivity contribution < 1.29 is 14.7 Å². The molecule has 0 aromatic carbocycles. The number of aliphatic hydroxyl groups is 1. The van der Waals surface area contributed by atoms with Crippen molar-refractivity contribution in [3.05, 3.63) is 22.5 Å². The minimum absolute atomic E-state index is 0.0433. The van der Waals surface area contributed by atoms with Gasteiger partial charge in [-0.05, 0) is 38.7 Å². The Balaban J connectivity index is 2.99. The molecular formula is C16H26N2O3. The normalized spacial score (nSPS) is 11.5. The van der Waals surface area contributed by atoms with Crippen molar-refractivity contribution in [3.63, 3.8) is 0 Å². The van der Waals surface area contributed by atoms with Crippen LogP contribution in [0.1, 0.15) is 72.6 Å². The number of aryl methyl sites for hydroxylation is 1. The van der Waals surface area contributed by atoms with Gasteiger partial charge in [0.05, 0.1) is 5.60 Å². The van der Waals surface area contributed by atoms with Crippen molar-refractivity contribution in [2.45, 2.75) is 59.5 Å². The summed E-state index contributed by atoms with van der Waals surface area (Å²) in [4.78, 5) is 27.0. The van der Waals surface area contributed by atoms with Crippen LogP contribution in [0.15, 0.2) is 0 Å². The predicted molar refractivity (Wildman–Crippen MR) is 82.8 cm³/mol.